The van der Waals surface area contributed by atoms with E-state index in [9.17, 15) is 9.59 Å². The lowest BCUT2D eigenvalue weighted by atomic mass is 9.94. The first-order chi connectivity index (χ1) is 11.6. The number of H-pyrrole nitrogens is 1. The Morgan fingerprint density at radius 3 is 2.46 bits per heavy atom. The number of aromatic nitrogens is 1. The molecule has 0 fully saturated rings. The molecule has 0 bridgehead atoms. The Hall–Kier alpha value is -3.14. The Bertz CT molecular complexity index is 948. The SMILES string of the molecule is Cc1cc(C)c(C(=O)/C(=C/c2ccco2)c2ccccc2)c(=O)[nH]1. The number of hydrogen-bond donors (Lipinski definition) is 1. The smallest absolute Gasteiger partial charge is 0.259 e. The van der Waals surface area contributed by atoms with E-state index in [0.29, 0.717) is 16.9 Å². The summed E-state index contributed by atoms with van der Waals surface area (Å²) in [5.74, 6) is 0.236. The molecule has 1 aromatic carbocycles. The summed E-state index contributed by atoms with van der Waals surface area (Å²) in [6.07, 6.45) is 3.21. The highest BCUT2D eigenvalue weighted by Gasteiger charge is 2.20. The summed E-state index contributed by atoms with van der Waals surface area (Å²) >= 11 is 0. The number of ketones is 1. The van der Waals surface area contributed by atoms with Gasteiger partial charge < -0.3 is 9.40 Å². The number of carbonyl (C=O) groups excluding carboxylic acids is 1. The monoisotopic (exact) mass is 319 g/mol. The second-order valence-electron chi connectivity index (χ2n) is 5.61. The summed E-state index contributed by atoms with van der Waals surface area (Å²) in [6, 6.07) is 14.6. The van der Waals surface area contributed by atoms with E-state index in [1.807, 2.05) is 30.3 Å². The van der Waals surface area contributed by atoms with E-state index in [4.69, 9.17) is 4.42 Å². The van der Waals surface area contributed by atoms with Crippen LogP contribution in [-0.4, -0.2) is 10.8 Å². The predicted octanol–water partition coefficient (Wildman–Crippen LogP) is 4.01. The van der Waals surface area contributed by atoms with Gasteiger partial charge in [-0.05, 0) is 49.2 Å². The highest BCUT2D eigenvalue weighted by molar-refractivity contribution is 6.32. The Morgan fingerprint density at radius 2 is 1.83 bits per heavy atom. The fraction of sp³-hybridized carbons (Fsp3) is 0.100. The van der Waals surface area contributed by atoms with Gasteiger partial charge in [0.2, 0.25) is 0 Å². The van der Waals surface area contributed by atoms with Crippen molar-refractivity contribution in [2.75, 3.05) is 0 Å². The van der Waals surface area contributed by atoms with Crippen LogP contribution in [0.2, 0.25) is 0 Å². The second-order valence-corrected chi connectivity index (χ2v) is 5.61. The average molecular weight is 319 g/mol. The second kappa shape index (κ2) is 6.54. The van der Waals surface area contributed by atoms with Crippen molar-refractivity contribution in [2.45, 2.75) is 13.8 Å². The van der Waals surface area contributed by atoms with Crippen LogP contribution in [0.1, 0.15) is 32.9 Å². The minimum atomic E-state index is -0.376. The van der Waals surface area contributed by atoms with E-state index < -0.39 is 0 Å². The Morgan fingerprint density at radius 1 is 1.08 bits per heavy atom. The van der Waals surface area contributed by atoms with Crippen molar-refractivity contribution in [1.29, 1.82) is 0 Å². The third kappa shape index (κ3) is 3.13. The molecule has 24 heavy (non-hydrogen) atoms. The van der Waals surface area contributed by atoms with E-state index in [-0.39, 0.29) is 16.9 Å². The fourth-order valence-corrected chi connectivity index (χ4v) is 2.68. The minimum absolute atomic E-state index is 0.155. The molecule has 3 aromatic rings. The maximum atomic E-state index is 13.1. The molecule has 0 saturated carbocycles. The van der Waals surface area contributed by atoms with Crippen molar-refractivity contribution in [3.63, 3.8) is 0 Å². The van der Waals surface area contributed by atoms with Gasteiger partial charge in [-0.15, -0.1) is 0 Å². The Kier molecular flexibility index (Phi) is 4.29. The lowest BCUT2D eigenvalue weighted by molar-refractivity contribution is 0.105. The quantitative estimate of drug-likeness (QED) is 0.584. The largest absolute Gasteiger partial charge is 0.465 e. The molecule has 4 heteroatoms. The van der Waals surface area contributed by atoms with Crippen LogP contribution in [0.4, 0.5) is 0 Å². The molecule has 0 saturated heterocycles. The third-order valence-corrected chi connectivity index (χ3v) is 3.75. The summed E-state index contributed by atoms with van der Waals surface area (Å²) in [5, 5.41) is 0. The van der Waals surface area contributed by atoms with Crippen LogP contribution >= 0.6 is 0 Å². The zero-order valence-electron chi connectivity index (χ0n) is 13.5. The number of benzene rings is 1. The van der Waals surface area contributed by atoms with E-state index in [1.165, 1.54) is 0 Å². The maximum Gasteiger partial charge on any atom is 0.259 e. The zero-order valence-corrected chi connectivity index (χ0v) is 13.5. The predicted molar refractivity (Wildman–Crippen MR) is 93.9 cm³/mol. The Labute approximate surface area is 139 Å². The van der Waals surface area contributed by atoms with Gasteiger partial charge in [0.05, 0.1) is 11.8 Å². The number of allylic oxidation sites excluding steroid dienone is 1. The van der Waals surface area contributed by atoms with Gasteiger partial charge in [-0.2, -0.15) is 0 Å². The molecule has 0 aliphatic rings. The molecule has 0 aliphatic carbocycles. The van der Waals surface area contributed by atoms with E-state index in [0.717, 1.165) is 11.3 Å². The fourth-order valence-electron chi connectivity index (χ4n) is 2.68. The number of furan rings is 1. The van der Waals surface area contributed by atoms with Gasteiger partial charge in [-0.25, -0.2) is 0 Å². The molecule has 2 aromatic heterocycles. The molecular formula is C20H17NO3. The van der Waals surface area contributed by atoms with Gasteiger partial charge in [0.25, 0.3) is 5.56 Å². The number of aromatic amines is 1. The van der Waals surface area contributed by atoms with E-state index in [2.05, 4.69) is 4.98 Å². The van der Waals surface area contributed by atoms with Crippen LogP contribution < -0.4 is 5.56 Å². The van der Waals surface area contributed by atoms with Crippen molar-refractivity contribution >= 4 is 17.4 Å². The molecule has 0 spiro atoms. The number of nitrogens with one attached hydrogen (secondary N) is 1. The highest BCUT2D eigenvalue weighted by atomic mass is 16.3. The van der Waals surface area contributed by atoms with Crippen LogP contribution in [-0.2, 0) is 0 Å². The zero-order chi connectivity index (χ0) is 17.1. The first-order valence-electron chi connectivity index (χ1n) is 7.62. The number of carbonyl (C=O) groups is 1. The third-order valence-electron chi connectivity index (χ3n) is 3.75. The van der Waals surface area contributed by atoms with Gasteiger partial charge in [0.15, 0.2) is 5.78 Å². The molecular weight excluding hydrogens is 302 g/mol. The molecule has 0 amide bonds. The van der Waals surface area contributed by atoms with Gasteiger partial charge in [0, 0.05) is 11.3 Å². The summed E-state index contributed by atoms with van der Waals surface area (Å²) in [4.78, 5) is 28.1. The van der Waals surface area contributed by atoms with Crippen molar-refractivity contribution in [2.24, 2.45) is 0 Å². The normalized spacial score (nSPS) is 11.5. The minimum Gasteiger partial charge on any atom is -0.465 e. The van der Waals surface area contributed by atoms with Crippen molar-refractivity contribution in [3.05, 3.63) is 93.3 Å². The van der Waals surface area contributed by atoms with Crippen LogP contribution in [0.5, 0.6) is 0 Å². The molecule has 120 valence electrons. The van der Waals surface area contributed by atoms with Gasteiger partial charge in [-0.3, -0.25) is 9.59 Å². The molecule has 2 heterocycles. The summed E-state index contributed by atoms with van der Waals surface area (Å²) in [5.41, 5.74) is 2.31. The van der Waals surface area contributed by atoms with E-state index in [1.54, 1.807) is 44.4 Å². The van der Waals surface area contributed by atoms with Crippen LogP contribution in [0.25, 0.3) is 11.6 Å². The highest BCUT2D eigenvalue weighted by Crippen LogP contribution is 2.23. The first-order valence-corrected chi connectivity index (χ1v) is 7.62. The van der Waals surface area contributed by atoms with Gasteiger partial charge >= 0.3 is 0 Å². The number of aryl methyl sites for hydroxylation is 2. The van der Waals surface area contributed by atoms with E-state index >= 15 is 0 Å². The summed E-state index contributed by atoms with van der Waals surface area (Å²) < 4.78 is 5.34. The van der Waals surface area contributed by atoms with Crippen molar-refractivity contribution in [1.82, 2.24) is 4.98 Å². The number of pyridine rings is 1. The number of hydrogen-bond acceptors (Lipinski definition) is 3. The van der Waals surface area contributed by atoms with Crippen LogP contribution in [0.15, 0.2) is 64.0 Å². The summed E-state index contributed by atoms with van der Waals surface area (Å²) in [7, 11) is 0. The lowest BCUT2D eigenvalue weighted by Crippen LogP contribution is -2.21. The molecule has 1 N–H and O–H groups in total. The van der Waals surface area contributed by atoms with Crippen LogP contribution in [0.3, 0.4) is 0 Å². The molecule has 0 atom stereocenters. The van der Waals surface area contributed by atoms with Gasteiger partial charge in [0.1, 0.15) is 5.76 Å². The van der Waals surface area contributed by atoms with Crippen molar-refractivity contribution in [3.8, 4) is 0 Å². The number of Topliss-reactive ketones (excluding diaryl/α,β-unsaturated/α-hetero) is 1. The molecule has 0 radical (unpaired) electrons. The van der Waals surface area contributed by atoms with Crippen LogP contribution in [0, 0.1) is 13.8 Å². The first kappa shape index (κ1) is 15.7. The Balaban J connectivity index is 2.17. The topological polar surface area (TPSA) is 63.1 Å². The molecule has 4 nitrogen and oxygen atoms in total. The van der Waals surface area contributed by atoms with Crippen molar-refractivity contribution < 1.29 is 9.21 Å². The van der Waals surface area contributed by atoms with Gasteiger partial charge in [-0.1, -0.05) is 30.3 Å². The average Bonchev–Trinajstić information content (AvgIpc) is 3.05. The number of rotatable bonds is 4. The maximum absolute atomic E-state index is 13.1. The molecule has 0 unspecified atom stereocenters. The standard InChI is InChI=1S/C20H17NO3/c1-13-11-14(2)21-20(23)18(13)19(22)17(12-16-9-6-10-24-16)15-7-4-3-5-8-15/h3-12H,1-2H3,(H,21,23)/b17-12+. The lowest BCUT2D eigenvalue weighted by Gasteiger charge is -2.09. The molecule has 3 rings (SSSR count). The molecule has 0 aliphatic heterocycles. The summed E-state index contributed by atoms with van der Waals surface area (Å²) in [6.45, 7) is 3.56.